The van der Waals surface area contributed by atoms with Crippen LogP contribution in [0.2, 0.25) is 0 Å². The quantitative estimate of drug-likeness (QED) is 0.118. The Morgan fingerprint density at radius 2 is 1.62 bits per heavy atom. The Balaban J connectivity index is 1.96. The second-order valence-electron chi connectivity index (χ2n) is 6.26. The van der Waals surface area contributed by atoms with Gasteiger partial charge in [-0.1, -0.05) is 36.9 Å². The molecule has 0 aliphatic rings. The highest BCUT2D eigenvalue weighted by Gasteiger charge is 2.12. The Morgan fingerprint density at radius 3 is 2.21 bits per heavy atom. The van der Waals surface area contributed by atoms with Crippen molar-refractivity contribution in [3.63, 3.8) is 0 Å². The average molecular weight is 400 g/mol. The second-order valence-corrected chi connectivity index (χ2v) is 6.26. The van der Waals surface area contributed by atoms with E-state index in [0.29, 0.717) is 11.1 Å². The summed E-state index contributed by atoms with van der Waals surface area (Å²) in [6, 6.07) is 10.6. The molecule has 0 atom stereocenters. The third-order valence-corrected chi connectivity index (χ3v) is 3.48. The molecular formula is C22H21FO6. The minimum atomic E-state index is -0.908. The predicted octanol–water partition coefficient (Wildman–Crippen LogP) is 5.04. The number of hydrogen-bond donors (Lipinski definition) is 0. The van der Waals surface area contributed by atoms with Crippen molar-refractivity contribution in [1.29, 1.82) is 0 Å². The minimum Gasteiger partial charge on any atom is -0.420 e. The normalized spacial score (nSPS) is 10.2. The molecule has 0 saturated carbocycles. The van der Waals surface area contributed by atoms with Gasteiger partial charge < -0.3 is 18.9 Å². The van der Waals surface area contributed by atoms with Crippen LogP contribution in [0.25, 0.3) is 11.1 Å². The number of rotatable bonds is 8. The number of carbonyl (C=O) groups is 2. The topological polar surface area (TPSA) is 71.1 Å². The molecule has 0 aliphatic heterocycles. The number of benzene rings is 2. The van der Waals surface area contributed by atoms with Gasteiger partial charge in [-0.3, -0.25) is 0 Å². The summed E-state index contributed by atoms with van der Waals surface area (Å²) >= 11 is 0. The molecule has 2 aromatic rings. The predicted molar refractivity (Wildman–Crippen MR) is 105 cm³/mol. The van der Waals surface area contributed by atoms with Crippen LogP contribution in [0.3, 0.4) is 0 Å². The van der Waals surface area contributed by atoms with E-state index >= 15 is 0 Å². The fourth-order valence-corrected chi connectivity index (χ4v) is 2.10. The molecule has 0 aromatic heterocycles. The lowest BCUT2D eigenvalue weighted by atomic mass is 10.1. The van der Waals surface area contributed by atoms with E-state index in [9.17, 15) is 14.0 Å². The van der Waals surface area contributed by atoms with E-state index in [-0.39, 0.29) is 30.5 Å². The molecule has 2 aromatic carbocycles. The van der Waals surface area contributed by atoms with E-state index in [0.717, 1.165) is 5.57 Å². The van der Waals surface area contributed by atoms with Crippen molar-refractivity contribution in [1.82, 2.24) is 0 Å². The van der Waals surface area contributed by atoms with Crippen molar-refractivity contribution in [3.8, 4) is 22.6 Å². The third-order valence-electron chi connectivity index (χ3n) is 3.48. The van der Waals surface area contributed by atoms with Gasteiger partial charge in [-0.25, -0.2) is 14.0 Å². The van der Waals surface area contributed by atoms with Gasteiger partial charge in [0.2, 0.25) is 0 Å². The fraction of sp³-hybridized carbons (Fsp3) is 0.182. The van der Waals surface area contributed by atoms with Crippen molar-refractivity contribution in [3.05, 3.63) is 72.6 Å². The Morgan fingerprint density at radius 1 is 0.966 bits per heavy atom. The summed E-state index contributed by atoms with van der Waals surface area (Å²) < 4.78 is 33.9. The van der Waals surface area contributed by atoms with Gasteiger partial charge in [0.05, 0.1) is 6.61 Å². The van der Waals surface area contributed by atoms with Gasteiger partial charge in [0.25, 0.3) is 0 Å². The van der Waals surface area contributed by atoms with Crippen molar-refractivity contribution < 1.29 is 32.9 Å². The first kappa shape index (κ1) is 21.8. The molecule has 0 N–H and O–H groups in total. The third kappa shape index (κ3) is 6.90. The van der Waals surface area contributed by atoms with Gasteiger partial charge in [-0.15, -0.1) is 0 Å². The molecule has 0 heterocycles. The standard InChI is InChI=1S/C22H21FO6/c1-14(2)12-26-13-27-22(25)28-18-8-5-16(6-9-18)17-7-10-20(19(23)11-17)29-21(24)15(3)4/h5-11H,1,3,12-13H2,2,4H3. The monoisotopic (exact) mass is 400 g/mol. The molecular weight excluding hydrogens is 379 g/mol. The summed E-state index contributed by atoms with van der Waals surface area (Å²) in [6.07, 6.45) is -0.908. The van der Waals surface area contributed by atoms with Gasteiger partial charge in [0.1, 0.15) is 5.75 Å². The summed E-state index contributed by atoms with van der Waals surface area (Å²) in [5.74, 6) is -1.31. The molecule has 0 bridgehead atoms. The number of hydrogen-bond acceptors (Lipinski definition) is 6. The Kier molecular flexibility index (Phi) is 7.68. The van der Waals surface area contributed by atoms with E-state index in [1.807, 2.05) is 0 Å². The number of halogens is 1. The summed E-state index contributed by atoms with van der Waals surface area (Å²) in [5, 5.41) is 0. The van der Waals surface area contributed by atoms with E-state index in [1.54, 1.807) is 25.1 Å². The SMILES string of the molecule is C=C(C)COCOC(=O)Oc1ccc(-c2ccc(OC(=O)C(=C)C)c(F)c2)cc1. The van der Waals surface area contributed by atoms with Gasteiger partial charge in [0, 0.05) is 5.57 Å². The molecule has 29 heavy (non-hydrogen) atoms. The van der Waals surface area contributed by atoms with E-state index in [4.69, 9.17) is 18.9 Å². The van der Waals surface area contributed by atoms with Crippen molar-refractivity contribution in [2.45, 2.75) is 13.8 Å². The Labute approximate surface area is 168 Å². The maximum Gasteiger partial charge on any atom is 0.515 e. The Bertz CT molecular complexity index is 917. The molecule has 2 rings (SSSR count). The summed E-state index contributed by atoms with van der Waals surface area (Å²) in [4.78, 5) is 23.1. The van der Waals surface area contributed by atoms with Gasteiger partial charge in [-0.05, 0) is 49.2 Å². The minimum absolute atomic E-state index is 0.171. The van der Waals surface area contributed by atoms with E-state index < -0.39 is 17.9 Å². The lowest BCUT2D eigenvalue weighted by molar-refractivity contribution is -0.130. The number of ether oxygens (including phenoxy) is 4. The van der Waals surface area contributed by atoms with Gasteiger partial charge >= 0.3 is 12.1 Å². The Hall–Kier alpha value is -3.45. The second kappa shape index (κ2) is 10.2. The number of carbonyl (C=O) groups excluding carboxylic acids is 2. The molecule has 7 heteroatoms. The van der Waals surface area contributed by atoms with Crippen molar-refractivity contribution in [2.24, 2.45) is 0 Å². The zero-order valence-corrected chi connectivity index (χ0v) is 16.2. The van der Waals surface area contributed by atoms with Crippen LogP contribution in [0, 0.1) is 5.82 Å². The first-order chi connectivity index (χ1) is 13.8. The van der Waals surface area contributed by atoms with Gasteiger partial charge in [0.15, 0.2) is 18.4 Å². The van der Waals surface area contributed by atoms with Crippen molar-refractivity contribution in [2.75, 3.05) is 13.4 Å². The highest BCUT2D eigenvalue weighted by atomic mass is 19.1. The molecule has 0 spiro atoms. The maximum absolute atomic E-state index is 14.2. The highest BCUT2D eigenvalue weighted by molar-refractivity contribution is 5.88. The zero-order valence-electron chi connectivity index (χ0n) is 16.2. The molecule has 0 saturated heterocycles. The van der Waals surface area contributed by atoms with Crippen LogP contribution in [0.5, 0.6) is 11.5 Å². The van der Waals surface area contributed by atoms with Crippen LogP contribution >= 0.6 is 0 Å². The van der Waals surface area contributed by atoms with Crippen molar-refractivity contribution >= 4 is 12.1 Å². The molecule has 0 unspecified atom stereocenters. The first-order valence-corrected chi connectivity index (χ1v) is 8.60. The average Bonchev–Trinajstić information content (AvgIpc) is 2.67. The van der Waals surface area contributed by atoms with Gasteiger partial charge in [-0.2, -0.15) is 0 Å². The summed E-state index contributed by atoms with van der Waals surface area (Å²) in [7, 11) is 0. The lowest BCUT2D eigenvalue weighted by Gasteiger charge is -2.09. The summed E-state index contributed by atoms with van der Waals surface area (Å²) in [5.41, 5.74) is 2.20. The lowest BCUT2D eigenvalue weighted by Crippen LogP contribution is -2.13. The molecule has 0 fully saturated rings. The largest absolute Gasteiger partial charge is 0.515 e. The van der Waals surface area contributed by atoms with Crippen LogP contribution in [0.15, 0.2) is 66.8 Å². The molecule has 0 radical (unpaired) electrons. The number of esters is 1. The maximum atomic E-state index is 14.2. The van der Waals surface area contributed by atoms with Crippen LogP contribution in [0.4, 0.5) is 9.18 Å². The van der Waals surface area contributed by atoms with Crippen LogP contribution < -0.4 is 9.47 Å². The fourth-order valence-electron chi connectivity index (χ4n) is 2.10. The first-order valence-electron chi connectivity index (χ1n) is 8.60. The van der Waals surface area contributed by atoms with Crippen LogP contribution in [-0.4, -0.2) is 25.5 Å². The zero-order chi connectivity index (χ0) is 21.4. The van der Waals surface area contributed by atoms with Crippen LogP contribution in [-0.2, 0) is 14.3 Å². The molecule has 0 aliphatic carbocycles. The smallest absolute Gasteiger partial charge is 0.420 e. The summed E-state index contributed by atoms with van der Waals surface area (Å²) in [6.45, 7) is 10.4. The van der Waals surface area contributed by atoms with E-state index in [2.05, 4.69) is 13.2 Å². The molecule has 0 amide bonds. The van der Waals surface area contributed by atoms with E-state index in [1.165, 1.54) is 31.2 Å². The molecule has 6 nitrogen and oxygen atoms in total. The van der Waals surface area contributed by atoms with Crippen LogP contribution in [0.1, 0.15) is 13.8 Å². The molecule has 152 valence electrons. The highest BCUT2D eigenvalue weighted by Crippen LogP contribution is 2.27.